The van der Waals surface area contributed by atoms with Crippen LogP contribution in [0.4, 0.5) is 4.39 Å². The summed E-state index contributed by atoms with van der Waals surface area (Å²) in [5.41, 5.74) is -1.34. The maximum atomic E-state index is 13.1. The predicted molar refractivity (Wildman–Crippen MR) is 79.6 cm³/mol. The van der Waals surface area contributed by atoms with E-state index in [1.807, 2.05) is 0 Å². The van der Waals surface area contributed by atoms with E-state index in [-0.39, 0.29) is 22.9 Å². The summed E-state index contributed by atoms with van der Waals surface area (Å²) in [7, 11) is -3.90. The van der Waals surface area contributed by atoms with E-state index >= 15 is 0 Å². The molecule has 0 radical (unpaired) electrons. The van der Waals surface area contributed by atoms with Gasteiger partial charge < -0.3 is 9.52 Å². The molecule has 0 amide bonds. The number of furan rings is 1. The first kappa shape index (κ1) is 17.0. The Morgan fingerprint density at radius 1 is 1.41 bits per heavy atom. The van der Waals surface area contributed by atoms with E-state index in [0.717, 1.165) is 18.2 Å². The molecule has 0 spiro atoms. The summed E-state index contributed by atoms with van der Waals surface area (Å²) in [5, 5.41) is 9.94. The highest BCUT2D eigenvalue weighted by Crippen LogP contribution is 2.20. The molecule has 120 valence electrons. The van der Waals surface area contributed by atoms with Crippen molar-refractivity contribution in [3.8, 4) is 0 Å². The number of aliphatic hydroxyl groups is 1. The number of hydrogen-bond donors (Lipinski definition) is 2. The molecular weight excluding hydrogens is 333 g/mol. The molecule has 0 aliphatic carbocycles. The third-order valence-corrected chi connectivity index (χ3v) is 4.67. The van der Waals surface area contributed by atoms with Crippen molar-refractivity contribution in [1.82, 2.24) is 4.72 Å². The molecule has 2 rings (SSSR count). The van der Waals surface area contributed by atoms with Gasteiger partial charge in [-0.2, -0.15) is 0 Å². The number of hydrogen-bond acceptors (Lipinski definition) is 4. The zero-order valence-corrected chi connectivity index (χ0v) is 13.3. The fourth-order valence-electron chi connectivity index (χ4n) is 1.83. The Labute approximate surface area is 132 Å². The number of rotatable bonds is 6. The minimum Gasteiger partial charge on any atom is -0.469 e. The van der Waals surface area contributed by atoms with Crippen LogP contribution in [0.3, 0.4) is 0 Å². The predicted octanol–water partition coefficient (Wildman–Crippen LogP) is 2.34. The van der Waals surface area contributed by atoms with Crippen molar-refractivity contribution in [1.29, 1.82) is 0 Å². The molecular formula is C14H15ClFNO4S. The lowest BCUT2D eigenvalue weighted by Gasteiger charge is -2.22. The molecule has 8 heteroatoms. The molecule has 1 aromatic carbocycles. The van der Waals surface area contributed by atoms with Gasteiger partial charge in [-0.3, -0.25) is 0 Å². The van der Waals surface area contributed by atoms with E-state index in [2.05, 4.69) is 4.72 Å². The van der Waals surface area contributed by atoms with E-state index in [1.165, 1.54) is 13.2 Å². The van der Waals surface area contributed by atoms with Crippen LogP contribution < -0.4 is 4.72 Å². The Balaban J connectivity index is 2.07. The Bertz CT molecular complexity index is 744. The molecule has 2 N–H and O–H groups in total. The first-order valence-corrected chi connectivity index (χ1v) is 8.25. The van der Waals surface area contributed by atoms with E-state index in [0.29, 0.717) is 5.76 Å². The van der Waals surface area contributed by atoms with Gasteiger partial charge in [0.25, 0.3) is 0 Å². The third kappa shape index (κ3) is 4.30. The van der Waals surface area contributed by atoms with Crippen molar-refractivity contribution >= 4 is 21.6 Å². The second-order valence-corrected chi connectivity index (χ2v) is 7.33. The molecule has 0 saturated carbocycles. The summed E-state index contributed by atoms with van der Waals surface area (Å²) in [6, 6.07) is 6.45. The van der Waals surface area contributed by atoms with Gasteiger partial charge in [0.2, 0.25) is 10.0 Å². The summed E-state index contributed by atoms with van der Waals surface area (Å²) in [4.78, 5) is -0.173. The number of halogens is 2. The summed E-state index contributed by atoms with van der Waals surface area (Å²) >= 11 is 5.58. The highest BCUT2D eigenvalue weighted by molar-refractivity contribution is 7.89. The molecule has 1 aromatic heterocycles. The van der Waals surface area contributed by atoms with Crippen LogP contribution in [0.1, 0.15) is 12.7 Å². The molecule has 5 nitrogen and oxygen atoms in total. The Morgan fingerprint density at radius 3 is 2.73 bits per heavy atom. The highest BCUT2D eigenvalue weighted by atomic mass is 35.5. The first-order chi connectivity index (χ1) is 10.2. The largest absolute Gasteiger partial charge is 0.469 e. The van der Waals surface area contributed by atoms with Gasteiger partial charge in [-0.15, -0.1) is 0 Å². The molecule has 0 aliphatic heterocycles. The zero-order chi connectivity index (χ0) is 16.4. The van der Waals surface area contributed by atoms with E-state index < -0.39 is 21.4 Å². The fourth-order valence-corrected chi connectivity index (χ4v) is 3.26. The number of sulfonamides is 1. The van der Waals surface area contributed by atoms with Gasteiger partial charge in [-0.1, -0.05) is 11.6 Å². The van der Waals surface area contributed by atoms with Gasteiger partial charge in [-0.25, -0.2) is 17.5 Å². The third-order valence-electron chi connectivity index (χ3n) is 2.98. The Morgan fingerprint density at radius 2 is 2.14 bits per heavy atom. The average Bonchev–Trinajstić information content (AvgIpc) is 2.92. The molecule has 0 aliphatic rings. The van der Waals surface area contributed by atoms with E-state index in [9.17, 15) is 17.9 Å². The van der Waals surface area contributed by atoms with Gasteiger partial charge in [-0.05, 0) is 37.3 Å². The minimum atomic E-state index is -3.90. The molecule has 1 heterocycles. The maximum absolute atomic E-state index is 13.1. The lowest BCUT2D eigenvalue weighted by atomic mass is 10.0. The van der Waals surface area contributed by atoms with Gasteiger partial charge in [0.1, 0.15) is 11.6 Å². The number of nitrogens with one attached hydrogen (secondary N) is 1. The van der Waals surface area contributed by atoms with Crippen LogP contribution in [-0.2, 0) is 16.4 Å². The lowest BCUT2D eigenvalue weighted by Crippen LogP contribution is -2.42. The summed E-state index contributed by atoms with van der Waals surface area (Å²) < 4.78 is 44.7. The molecule has 0 unspecified atom stereocenters. The molecule has 2 aromatic rings. The topological polar surface area (TPSA) is 79.5 Å². The number of benzene rings is 1. The van der Waals surface area contributed by atoms with Crippen LogP contribution in [0.5, 0.6) is 0 Å². The SMILES string of the molecule is C[C@@](O)(CNS(=O)(=O)c1ccc(F)c(Cl)c1)Cc1ccco1. The zero-order valence-electron chi connectivity index (χ0n) is 11.7. The van der Waals surface area contributed by atoms with Crippen LogP contribution in [0.15, 0.2) is 45.9 Å². The van der Waals surface area contributed by atoms with Crippen LogP contribution >= 0.6 is 11.6 Å². The van der Waals surface area contributed by atoms with Gasteiger partial charge >= 0.3 is 0 Å². The Hall–Kier alpha value is -1.41. The molecule has 1 atom stereocenters. The lowest BCUT2D eigenvalue weighted by molar-refractivity contribution is 0.0603. The second-order valence-electron chi connectivity index (χ2n) is 5.15. The summed E-state index contributed by atoms with van der Waals surface area (Å²) in [5.74, 6) is -0.167. The van der Waals surface area contributed by atoms with Crippen molar-refractivity contribution in [3.63, 3.8) is 0 Å². The monoisotopic (exact) mass is 347 g/mol. The highest BCUT2D eigenvalue weighted by Gasteiger charge is 2.26. The Kier molecular flexibility index (Phi) is 4.91. The van der Waals surface area contributed by atoms with Crippen LogP contribution in [0.25, 0.3) is 0 Å². The van der Waals surface area contributed by atoms with Gasteiger partial charge in [0, 0.05) is 13.0 Å². The molecule has 0 fully saturated rings. The van der Waals surface area contributed by atoms with Crippen molar-refractivity contribution in [2.24, 2.45) is 0 Å². The normalized spacial score (nSPS) is 14.7. The average molecular weight is 348 g/mol. The molecule has 0 saturated heterocycles. The first-order valence-electron chi connectivity index (χ1n) is 6.39. The van der Waals surface area contributed by atoms with Crippen molar-refractivity contribution in [2.75, 3.05) is 6.54 Å². The standard InChI is InChI=1S/C14H15ClFNO4S/c1-14(18,8-10-3-2-6-21-10)9-17-22(19,20)11-4-5-13(16)12(15)7-11/h2-7,17-18H,8-9H2,1H3/t14-/m0/s1. The molecule has 22 heavy (non-hydrogen) atoms. The minimum absolute atomic E-state index is 0.146. The van der Waals surface area contributed by atoms with Crippen molar-refractivity contribution in [3.05, 3.63) is 53.2 Å². The fraction of sp³-hybridized carbons (Fsp3) is 0.286. The van der Waals surface area contributed by atoms with Crippen LogP contribution in [0, 0.1) is 5.82 Å². The smallest absolute Gasteiger partial charge is 0.240 e. The van der Waals surface area contributed by atoms with Crippen molar-refractivity contribution < 1.29 is 22.3 Å². The molecule has 0 bridgehead atoms. The van der Waals surface area contributed by atoms with E-state index in [4.69, 9.17) is 16.0 Å². The second kappa shape index (κ2) is 6.37. The quantitative estimate of drug-likeness (QED) is 0.840. The van der Waals surface area contributed by atoms with Crippen molar-refractivity contribution in [2.45, 2.75) is 23.8 Å². The summed E-state index contributed by atoms with van der Waals surface area (Å²) in [6.45, 7) is 1.25. The maximum Gasteiger partial charge on any atom is 0.240 e. The summed E-state index contributed by atoms with van der Waals surface area (Å²) in [6.07, 6.45) is 1.61. The van der Waals surface area contributed by atoms with Crippen LogP contribution in [0.2, 0.25) is 5.02 Å². The van der Waals surface area contributed by atoms with Gasteiger partial charge in [0.15, 0.2) is 0 Å². The van der Waals surface area contributed by atoms with Crippen LogP contribution in [-0.4, -0.2) is 25.7 Å². The van der Waals surface area contributed by atoms with Gasteiger partial charge in [0.05, 0.1) is 21.8 Å². The van der Waals surface area contributed by atoms with E-state index in [1.54, 1.807) is 12.1 Å².